The summed E-state index contributed by atoms with van der Waals surface area (Å²) in [6, 6.07) is 5.88. The minimum absolute atomic E-state index is 0.770. The number of rotatable bonds is 2. The lowest BCUT2D eigenvalue weighted by molar-refractivity contribution is 0.724. The first kappa shape index (κ1) is 13.4. The molecule has 1 aromatic heterocycles. The number of H-pyrrole nitrogens is 1. The Balaban J connectivity index is 1.83. The highest BCUT2D eigenvalue weighted by atomic mass is 35.5. The van der Waals surface area contributed by atoms with Gasteiger partial charge in [0, 0.05) is 30.2 Å². The van der Waals surface area contributed by atoms with Crippen molar-refractivity contribution in [2.24, 2.45) is 0 Å². The molecule has 0 atom stereocenters. The van der Waals surface area contributed by atoms with E-state index < -0.39 is 0 Å². The topological polar surface area (TPSA) is 56.8 Å². The summed E-state index contributed by atoms with van der Waals surface area (Å²) in [4.78, 5) is 6.82. The van der Waals surface area contributed by atoms with Crippen molar-refractivity contribution in [2.45, 2.75) is 13.3 Å². The van der Waals surface area contributed by atoms with Crippen LogP contribution in [0.5, 0.6) is 0 Å². The molecule has 2 N–H and O–H groups in total. The lowest BCUT2D eigenvalue weighted by Crippen LogP contribution is -2.28. The van der Waals surface area contributed by atoms with E-state index in [1.165, 1.54) is 0 Å². The fraction of sp³-hybridized carbons (Fsp3) is 0.429. The molecular formula is C14H18ClN5. The molecule has 6 heteroatoms. The number of nitrogens with one attached hydrogen (secondary N) is 2. The predicted octanol–water partition coefficient (Wildman–Crippen LogP) is 2.23. The van der Waals surface area contributed by atoms with Crippen molar-refractivity contribution >= 4 is 17.5 Å². The third-order valence-electron chi connectivity index (χ3n) is 3.53. The first-order chi connectivity index (χ1) is 9.74. The second-order valence-corrected chi connectivity index (χ2v) is 5.45. The SMILES string of the molecule is Cc1cc(-c2nc(N3CCCNCC3)n[nH]2)ccc1Cl. The Morgan fingerprint density at radius 2 is 2.15 bits per heavy atom. The van der Waals surface area contributed by atoms with Gasteiger partial charge in [-0.15, -0.1) is 5.10 Å². The van der Waals surface area contributed by atoms with Crippen LogP contribution >= 0.6 is 11.6 Å². The average molecular weight is 292 g/mol. The maximum Gasteiger partial charge on any atom is 0.245 e. The summed E-state index contributed by atoms with van der Waals surface area (Å²) in [5.41, 5.74) is 2.06. The van der Waals surface area contributed by atoms with Crippen molar-refractivity contribution in [3.8, 4) is 11.4 Å². The van der Waals surface area contributed by atoms with Crippen molar-refractivity contribution in [3.63, 3.8) is 0 Å². The third kappa shape index (κ3) is 2.78. The van der Waals surface area contributed by atoms with Crippen LogP contribution in [0.2, 0.25) is 5.02 Å². The molecule has 0 spiro atoms. The summed E-state index contributed by atoms with van der Waals surface area (Å²) < 4.78 is 0. The van der Waals surface area contributed by atoms with Crippen molar-refractivity contribution in [1.82, 2.24) is 20.5 Å². The predicted molar refractivity (Wildman–Crippen MR) is 81.3 cm³/mol. The minimum atomic E-state index is 0.770. The van der Waals surface area contributed by atoms with Gasteiger partial charge in [0.05, 0.1) is 0 Å². The second kappa shape index (κ2) is 5.81. The molecule has 20 heavy (non-hydrogen) atoms. The summed E-state index contributed by atoms with van der Waals surface area (Å²) in [6.07, 6.45) is 1.12. The molecule has 3 rings (SSSR count). The summed E-state index contributed by atoms with van der Waals surface area (Å²) in [6.45, 7) is 5.96. The molecule has 0 aliphatic carbocycles. The van der Waals surface area contributed by atoms with Crippen LogP contribution in [0.3, 0.4) is 0 Å². The quantitative estimate of drug-likeness (QED) is 0.891. The van der Waals surface area contributed by atoms with Gasteiger partial charge in [-0.2, -0.15) is 4.98 Å². The van der Waals surface area contributed by atoms with Gasteiger partial charge in [-0.05, 0) is 43.7 Å². The highest BCUT2D eigenvalue weighted by molar-refractivity contribution is 6.31. The molecule has 2 aromatic rings. The van der Waals surface area contributed by atoms with Crippen LogP contribution in [0, 0.1) is 6.92 Å². The number of hydrogen-bond donors (Lipinski definition) is 2. The summed E-state index contributed by atoms with van der Waals surface area (Å²) in [5, 5.41) is 11.5. The number of aryl methyl sites for hydroxylation is 1. The molecule has 0 amide bonds. The number of anilines is 1. The van der Waals surface area contributed by atoms with E-state index >= 15 is 0 Å². The maximum absolute atomic E-state index is 6.05. The van der Waals surface area contributed by atoms with E-state index in [0.29, 0.717) is 0 Å². The summed E-state index contributed by atoms with van der Waals surface area (Å²) >= 11 is 6.05. The fourth-order valence-corrected chi connectivity index (χ4v) is 2.48. The van der Waals surface area contributed by atoms with Gasteiger partial charge in [0.25, 0.3) is 0 Å². The van der Waals surface area contributed by atoms with E-state index in [4.69, 9.17) is 11.6 Å². The summed E-state index contributed by atoms with van der Waals surface area (Å²) in [7, 11) is 0. The van der Waals surface area contributed by atoms with Crippen LogP contribution in [0.15, 0.2) is 18.2 Å². The molecule has 0 bridgehead atoms. The first-order valence-corrected chi connectivity index (χ1v) is 7.26. The van der Waals surface area contributed by atoms with Gasteiger partial charge in [0.15, 0.2) is 5.82 Å². The van der Waals surface area contributed by atoms with Crippen LogP contribution in [0.25, 0.3) is 11.4 Å². The smallest absolute Gasteiger partial charge is 0.245 e. The number of nitrogens with zero attached hydrogens (tertiary/aromatic N) is 3. The van der Waals surface area contributed by atoms with E-state index in [2.05, 4.69) is 25.4 Å². The Labute approximate surface area is 123 Å². The standard InChI is InChI=1S/C14H18ClN5/c1-10-9-11(3-4-12(10)15)13-17-14(19-18-13)20-7-2-5-16-6-8-20/h3-4,9,16H,2,5-8H2,1H3,(H,17,18,19). The highest BCUT2D eigenvalue weighted by Gasteiger charge is 2.15. The van der Waals surface area contributed by atoms with Gasteiger partial charge in [-0.25, -0.2) is 0 Å². The zero-order valence-electron chi connectivity index (χ0n) is 11.5. The van der Waals surface area contributed by atoms with E-state index in [1.807, 2.05) is 25.1 Å². The lowest BCUT2D eigenvalue weighted by atomic mass is 10.1. The molecular weight excluding hydrogens is 274 g/mol. The summed E-state index contributed by atoms with van der Waals surface area (Å²) in [5.74, 6) is 1.56. The van der Waals surface area contributed by atoms with Crippen molar-refractivity contribution in [1.29, 1.82) is 0 Å². The molecule has 1 aliphatic rings. The van der Waals surface area contributed by atoms with Gasteiger partial charge >= 0.3 is 0 Å². The lowest BCUT2D eigenvalue weighted by Gasteiger charge is -2.16. The van der Waals surface area contributed by atoms with E-state index in [9.17, 15) is 0 Å². The Morgan fingerprint density at radius 3 is 3.00 bits per heavy atom. The number of benzene rings is 1. The molecule has 0 radical (unpaired) electrons. The third-order valence-corrected chi connectivity index (χ3v) is 3.95. The Bertz CT molecular complexity index is 587. The Morgan fingerprint density at radius 1 is 1.25 bits per heavy atom. The molecule has 0 saturated carbocycles. The number of aromatic amines is 1. The zero-order valence-corrected chi connectivity index (χ0v) is 12.2. The molecule has 2 heterocycles. The van der Waals surface area contributed by atoms with Gasteiger partial charge in [-0.3, -0.25) is 5.10 Å². The van der Waals surface area contributed by atoms with Gasteiger partial charge in [0.1, 0.15) is 0 Å². The normalized spacial score (nSPS) is 16.2. The van der Waals surface area contributed by atoms with Crippen LogP contribution in [0.4, 0.5) is 5.95 Å². The van der Waals surface area contributed by atoms with Crippen LogP contribution in [0.1, 0.15) is 12.0 Å². The molecule has 1 fully saturated rings. The van der Waals surface area contributed by atoms with Gasteiger partial charge in [-0.1, -0.05) is 11.6 Å². The van der Waals surface area contributed by atoms with Crippen LogP contribution in [-0.4, -0.2) is 41.4 Å². The Kier molecular flexibility index (Phi) is 3.89. The van der Waals surface area contributed by atoms with E-state index in [-0.39, 0.29) is 0 Å². The first-order valence-electron chi connectivity index (χ1n) is 6.88. The highest BCUT2D eigenvalue weighted by Crippen LogP contribution is 2.23. The number of aromatic nitrogens is 3. The molecule has 5 nitrogen and oxygen atoms in total. The van der Waals surface area contributed by atoms with Gasteiger partial charge in [0.2, 0.25) is 5.95 Å². The molecule has 0 unspecified atom stereocenters. The largest absolute Gasteiger partial charge is 0.338 e. The Hall–Kier alpha value is -1.59. The molecule has 1 aromatic carbocycles. The second-order valence-electron chi connectivity index (χ2n) is 5.04. The van der Waals surface area contributed by atoms with Crippen molar-refractivity contribution in [3.05, 3.63) is 28.8 Å². The van der Waals surface area contributed by atoms with E-state index in [0.717, 1.165) is 60.5 Å². The molecule has 1 aliphatic heterocycles. The number of hydrogen-bond acceptors (Lipinski definition) is 4. The van der Waals surface area contributed by atoms with Crippen molar-refractivity contribution < 1.29 is 0 Å². The monoisotopic (exact) mass is 291 g/mol. The molecule has 1 saturated heterocycles. The fourth-order valence-electron chi connectivity index (χ4n) is 2.36. The minimum Gasteiger partial charge on any atom is -0.338 e. The van der Waals surface area contributed by atoms with Gasteiger partial charge < -0.3 is 10.2 Å². The number of halogens is 1. The van der Waals surface area contributed by atoms with Crippen LogP contribution in [-0.2, 0) is 0 Å². The maximum atomic E-state index is 6.05. The zero-order chi connectivity index (χ0) is 13.9. The van der Waals surface area contributed by atoms with Crippen molar-refractivity contribution in [2.75, 3.05) is 31.1 Å². The van der Waals surface area contributed by atoms with Crippen LogP contribution < -0.4 is 10.2 Å². The molecule has 106 valence electrons. The van der Waals surface area contributed by atoms with E-state index in [1.54, 1.807) is 0 Å². The average Bonchev–Trinajstić information content (AvgIpc) is 2.78.